The predicted molar refractivity (Wildman–Crippen MR) is 56.8 cm³/mol. The lowest BCUT2D eigenvalue weighted by Gasteiger charge is -2.17. The summed E-state index contributed by atoms with van der Waals surface area (Å²) < 4.78 is 4.56. The van der Waals surface area contributed by atoms with Gasteiger partial charge in [0.05, 0.1) is 18.4 Å². The first-order chi connectivity index (χ1) is 7.61. The van der Waals surface area contributed by atoms with E-state index in [0.29, 0.717) is 11.3 Å². The van der Waals surface area contributed by atoms with Crippen molar-refractivity contribution in [1.29, 1.82) is 0 Å². The van der Waals surface area contributed by atoms with Crippen LogP contribution in [0.4, 0.5) is 0 Å². The van der Waals surface area contributed by atoms with Gasteiger partial charge in [-0.25, -0.2) is 9.79 Å². The fourth-order valence-corrected chi connectivity index (χ4v) is 1.49. The van der Waals surface area contributed by atoms with Gasteiger partial charge in [0.25, 0.3) is 5.91 Å². The Balaban J connectivity index is 2.38. The number of carbonyl (C=O) groups is 2. The van der Waals surface area contributed by atoms with Crippen molar-refractivity contribution in [2.45, 2.75) is 0 Å². The second kappa shape index (κ2) is 3.73. The maximum absolute atomic E-state index is 11.4. The van der Waals surface area contributed by atoms with Crippen LogP contribution in [0.25, 0.3) is 0 Å². The van der Waals surface area contributed by atoms with E-state index in [9.17, 15) is 9.59 Å². The van der Waals surface area contributed by atoms with Gasteiger partial charge < -0.3 is 10.5 Å². The molecular formula is C10H9N3O3. The molecular weight excluding hydrogens is 210 g/mol. The zero-order chi connectivity index (χ0) is 11.7. The van der Waals surface area contributed by atoms with Crippen LogP contribution < -0.4 is 5.73 Å². The van der Waals surface area contributed by atoms with E-state index in [1.807, 2.05) is 0 Å². The molecule has 2 aliphatic rings. The molecule has 0 aromatic carbocycles. The molecule has 0 bridgehead atoms. The third-order valence-electron chi connectivity index (χ3n) is 2.25. The number of amides is 1. The van der Waals surface area contributed by atoms with E-state index in [1.54, 1.807) is 6.08 Å². The molecule has 0 spiro atoms. The standard InChI is InChI=1S/C10H9N3O3/c1-16-9(15)5-2-3-6-7(4-5)12-10(11)13-8(6)14/h2-4,6H,1H3,(H2,11,13,14). The van der Waals surface area contributed by atoms with Gasteiger partial charge >= 0.3 is 5.97 Å². The van der Waals surface area contributed by atoms with Crippen molar-refractivity contribution in [3.63, 3.8) is 0 Å². The van der Waals surface area contributed by atoms with E-state index < -0.39 is 11.9 Å². The lowest BCUT2D eigenvalue weighted by molar-refractivity contribution is -0.135. The summed E-state index contributed by atoms with van der Waals surface area (Å²) in [6.07, 6.45) is 4.56. The summed E-state index contributed by atoms with van der Waals surface area (Å²) in [5, 5.41) is 0. The van der Waals surface area contributed by atoms with Gasteiger partial charge in [-0.05, 0) is 6.08 Å². The van der Waals surface area contributed by atoms with Crippen molar-refractivity contribution in [2.24, 2.45) is 21.6 Å². The molecule has 1 atom stereocenters. The minimum atomic E-state index is -0.541. The van der Waals surface area contributed by atoms with Crippen molar-refractivity contribution in [2.75, 3.05) is 7.11 Å². The van der Waals surface area contributed by atoms with E-state index in [2.05, 4.69) is 14.7 Å². The van der Waals surface area contributed by atoms with Crippen LogP contribution in [0.3, 0.4) is 0 Å². The quantitative estimate of drug-likeness (QED) is 0.605. The number of fused-ring (bicyclic) bond motifs is 1. The Morgan fingerprint density at radius 1 is 1.50 bits per heavy atom. The number of allylic oxidation sites excluding steroid dienone is 1. The van der Waals surface area contributed by atoms with Crippen LogP contribution in [0.1, 0.15) is 0 Å². The first-order valence-corrected chi connectivity index (χ1v) is 4.56. The number of carbonyl (C=O) groups excluding carboxylic acids is 2. The molecule has 2 rings (SSSR count). The summed E-state index contributed by atoms with van der Waals surface area (Å²) in [5.41, 5.74) is 6.11. The minimum Gasteiger partial charge on any atom is -0.465 e. The van der Waals surface area contributed by atoms with Crippen LogP contribution in [-0.4, -0.2) is 30.7 Å². The summed E-state index contributed by atoms with van der Waals surface area (Å²) in [4.78, 5) is 30.1. The van der Waals surface area contributed by atoms with Gasteiger partial charge in [-0.15, -0.1) is 0 Å². The van der Waals surface area contributed by atoms with Gasteiger partial charge in [0.1, 0.15) is 5.92 Å². The van der Waals surface area contributed by atoms with Gasteiger partial charge in [-0.1, -0.05) is 12.2 Å². The summed E-state index contributed by atoms with van der Waals surface area (Å²) in [5.74, 6) is -1.49. The lowest BCUT2D eigenvalue weighted by atomic mass is 9.93. The zero-order valence-electron chi connectivity index (χ0n) is 8.51. The Labute approximate surface area is 91.2 Å². The molecule has 1 aliphatic heterocycles. The zero-order valence-corrected chi connectivity index (χ0v) is 8.51. The molecule has 0 saturated carbocycles. The van der Waals surface area contributed by atoms with Crippen LogP contribution in [-0.2, 0) is 14.3 Å². The monoisotopic (exact) mass is 219 g/mol. The smallest absolute Gasteiger partial charge is 0.337 e. The fraction of sp³-hybridized carbons (Fsp3) is 0.200. The molecule has 0 aromatic rings. The minimum absolute atomic E-state index is 0.0907. The predicted octanol–water partition coefficient (Wildman–Crippen LogP) is -0.432. The second-order valence-electron chi connectivity index (χ2n) is 3.27. The van der Waals surface area contributed by atoms with Crippen LogP contribution in [0.2, 0.25) is 0 Å². The topological polar surface area (TPSA) is 94.1 Å². The highest BCUT2D eigenvalue weighted by Gasteiger charge is 2.28. The number of aliphatic imine (C=N–C) groups is 2. The third-order valence-corrected chi connectivity index (χ3v) is 2.25. The van der Waals surface area contributed by atoms with Crippen molar-refractivity contribution in [1.82, 2.24) is 0 Å². The highest BCUT2D eigenvalue weighted by Crippen LogP contribution is 2.19. The molecule has 6 heteroatoms. The third kappa shape index (κ3) is 1.65. The molecule has 2 N–H and O–H groups in total. The van der Waals surface area contributed by atoms with Crippen molar-refractivity contribution in [3.05, 3.63) is 23.8 Å². The number of ether oxygens (including phenoxy) is 1. The van der Waals surface area contributed by atoms with Crippen LogP contribution in [0, 0.1) is 5.92 Å². The Morgan fingerprint density at radius 2 is 2.25 bits per heavy atom. The van der Waals surface area contributed by atoms with E-state index >= 15 is 0 Å². The van der Waals surface area contributed by atoms with Gasteiger partial charge in [-0.2, -0.15) is 4.99 Å². The number of guanidine groups is 1. The van der Waals surface area contributed by atoms with Gasteiger partial charge in [0.15, 0.2) is 0 Å². The molecule has 6 nitrogen and oxygen atoms in total. The van der Waals surface area contributed by atoms with Crippen LogP contribution in [0.15, 0.2) is 33.8 Å². The first-order valence-electron chi connectivity index (χ1n) is 4.56. The van der Waals surface area contributed by atoms with Gasteiger partial charge in [0, 0.05) is 0 Å². The Kier molecular flexibility index (Phi) is 2.40. The van der Waals surface area contributed by atoms with Gasteiger partial charge in [0.2, 0.25) is 5.96 Å². The Hall–Kier alpha value is -2.24. The molecule has 1 amide bonds. The maximum Gasteiger partial charge on any atom is 0.337 e. The first kappa shape index (κ1) is 10.3. The summed E-state index contributed by atoms with van der Waals surface area (Å²) in [6, 6.07) is 0. The second-order valence-corrected chi connectivity index (χ2v) is 3.27. The average molecular weight is 219 g/mol. The average Bonchev–Trinajstić information content (AvgIpc) is 2.27. The fourth-order valence-electron chi connectivity index (χ4n) is 1.49. The number of esters is 1. The van der Waals surface area contributed by atoms with E-state index in [4.69, 9.17) is 5.73 Å². The number of methoxy groups -OCH3 is 1. The SMILES string of the molecule is COC(=O)C1=CC2=NC(N)=NC(=O)C2C=C1. The highest BCUT2D eigenvalue weighted by molar-refractivity contribution is 6.22. The molecule has 0 radical (unpaired) electrons. The van der Waals surface area contributed by atoms with Crippen LogP contribution in [0.5, 0.6) is 0 Å². The number of hydrogen-bond acceptors (Lipinski definition) is 5. The molecule has 82 valence electrons. The van der Waals surface area contributed by atoms with Gasteiger partial charge in [-0.3, -0.25) is 4.79 Å². The van der Waals surface area contributed by atoms with Crippen molar-refractivity contribution < 1.29 is 14.3 Å². The molecule has 16 heavy (non-hydrogen) atoms. The molecule has 0 saturated heterocycles. The molecule has 1 heterocycles. The molecule has 0 aromatic heterocycles. The molecule has 0 fully saturated rings. The number of rotatable bonds is 1. The highest BCUT2D eigenvalue weighted by atomic mass is 16.5. The Bertz CT molecular complexity index is 486. The molecule has 1 aliphatic carbocycles. The van der Waals surface area contributed by atoms with Crippen LogP contribution >= 0.6 is 0 Å². The number of hydrogen-bond donors (Lipinski definition) is 1. The van der Waals surface area contributed by atoms with E-state index in [1.165, 1.54) is 19.3 Å². The summed E-state index contributed by atoms with van der Waals surface area (Å²) in [6.45, 7) is 0. The summed E-state index contributed by atoms with van der Waals surface area (Å²) in [7, 11) is 1.28. The maximum atomic E-state index is 11.4. The summed E-state index contributed by atoms with van der Waals surface area (Å²) >= 11 is 0. The lowest BCUT2D eigenvalue weighted by Crippen LogP contribution is -2.31. The number of nitrogens with zero attached hydrogens (tertiary/aromatic N) is 2. The Morgan fingerprint density at radius 3 is 2.94 bits per heavy atom. The largest absolute Gasteiger partial charge is 0.465 e. The van der Waals surface area contributed by atoms with Crippen molar-refractivity contribution in [3.8, 4) is 0 Å². The number of nitrogens with two attached hydrogens (primary N) is 1. The van der Waals surface area contributed by atoms with E-state index in [-0.39, 0.29) is 11.9 Å². The normalized spacial score (nSPS) is 22.9. The van der Waals surface area contributed by atoms with Crippen molar-refractivity contribution >= 4 is 23.5 Å². The van der Waals surface area contributed by atoms with E-state index in [0.717, 1.165) is 0 Å². The molecule has 1 unspecified atom stereocenters.